The summed E-state index contributed by atoms with van der Waals surface area (Å²) in [5.74, 6) is -0.0423. The predicted molar refractivity (Wildman–Crippen MR) is 102 cm³/mol. The number of ether oxygens (including phenoxy) is 2. The number of nitrogens with one attached hydrogen (secondary N) is 2. The Hall–Kier alpha value is -0.890. The number of morpholine rings is 2. The number of amides is 1. The molecule has 2 atom stereocenters. The lowest BCUT2D eigenvalue weighted by atomic mass is 10.1. The zero-order valence-corrected chi connectivity index (χ0v) is 15.8. The molecule has 1 amide bonds. The van der Waals surface area contributed by atoms with E-state index in [1.807, 2.05) is 18.2 Å². The van der Waals surface area contributed by atoms with Crippen molar-refractivity contribution in [2.24, 2.45) is 0 Å². The van der Waals surface area contributed by atoms with Gasteiger partial charge in [-0.25, -0.2) is 0 Å². The van der Waals surface area contributed by atoms with Crippen LogP contribution in [0.3, 0.4) is 0 Å². The number of carbonyl (C=O) groups is 1. The molecule has 2 aliphatic heterocycles. The Balaban J connectivity index is 0.00000156. The standard InChI is InChI=1S/C17H25N3O3.2ClH/c21-17(16-12-18-6-9-23-16)19-15(14-4-2-1-3-5-14)13-20-7-10-22-11-8-20;;/h1-5,15-16,18H,6-13H2,(H,19,21);2*1H. The lowest BCUT2D eigenvalue weighted by Crippen LogP contribution is -2.50. The van der Waals surface area contributed by atoms with Gasteiger partial charge < -0.3 is 20.1 Å². The Kier molecular flexibility index (Phi) is 10.3. The number of nitrogens with zero attached hydrogens (tertiary/aromatic N) is 1. The van der Waals surface area contributed by atoms with Crippen molar-refractivity contribution in [1.82, 2.24) is 15.5 Å². The van der Waals surface area contributed by atoms with Crippen LogP contribution in [0.4, 0.5) is 0 Å². The summed E-state index contributed by atoms with van der Waals surface area (Å²) < 4.78 is 11.0. The minimum atomic E-state index is -0.403. The van der Waals surface area contributed by atoms with Crippen molar-refractivity contribution >= 4 is 30.7 Å². The van der Waals surface area contributed by atoms with Gasteiger partial charge in [-0.05, 0) is 5.56 Å². The van der Waals surface area contributed by atoms with Gasteiger partial charge in [0.1, 0.15) is 6.10 Å². The van der Waals surface area contributed by atoms with Gasteiger partial charge in [-0.2, -0.15) is 0 Å². The summed E-state index contributed by atoms with van der Waals surface area (Å²) in [6.45, 7) is 6.07. The molecule has 2 N–H and O–H groups in total. The SMILES string of the molecule is Cl.Cl.O=C(NC(CN1CCOCC1)c1ccccc1)C1CNCCO1. The van der Waals surface area contributed by atoms with Crippen LogP contribution < -0.4 is 10.6 Å². The molecule has 0 aromatic heterocycles. The molecule has 2 heterocycles. The Bertz CT molecular complexity index is 495. The molecular weight excluding hydrogens is 365 g/mol. The van der Waals surface area contributed by atoms with Crippen molar-refractivity contribution in [1.29, 1.82) is 0 Å². The minimum absolute atomic E-state index is 0. The molecule has 2 aliphatic rings. The van der Waals surface area contributed by atoms with Gasteiger partial charge >= 0.3 is 0 Å². The summed E-state index contributed by atoms with van der Waals surface area (Å²) >= 11 is 0. The average Bonchev–Trinajstić information content (AvgIpc) is 2.63. The number of hydrogen-bond acceptors (Lipinski definition) is 5. The Morgan fingerprint density at radius 3 is 2.56 bits per heavy atom. The Labute approximate surface area is 161 Å². The van der Waals surface area contributed by atoms with Crippen molar-refractivity contribution in [3.05, 3.63) is 35.9 Å². The first-order valence-corrected chi connectivity index (χ1v) is 8.30. The van der Waals surface area contributed by atoms with E-state index in [9.17, 15) is 4.79 Å². The van der Waals surface area contributed by atoms with Crippen LogP contribution in [-0.4, -0.2) is 69.5 Å². The normalized spacial score (nSPS) is 22.2. The van der Waals surface area contributed by atoms with Crippen LogP contribution in [0.25, 0.3) is 0 Å². The number of rotatable bonds is 5. The van der Waals surface area contributed by atoms with E-state index in [4.69, 9.17) is 9.47 Å². The van der Waals surface area contributed by atoms with E-state index in [2.05, 4.69) is 27.7 Å². The quantitative estimate of drug-likeness (QED) is 0.783. The first-order valence-electron chi connectivity index (χ1n) is 8.30. The molecule has 2 saturated heterocycles. The smallest absolute Gasteiger partial charge is 0.250 e. The predicted octanol–water partition coefficient (Wildman–Crippen LogP) is 1.01. The maximum absolute atomic E-state index is 12.5. The largest absolute Gasteiger partial charge is 0.379 e. The van der Waals surface area contributed by atoms with Crippen molar-refractivity contribution in [2.75, 3.05) is 52.5 Å². The van der Waals surface area contributed by atoms with Gasteiger partial charge in [0.05, 0.1) is 25.9 Å². The van der Waals surface area contributed by atoms with Gasteiger partial charge in [-0.15, -0.1) is 24.8 Å². The molecule has 1 aromatic rings. The van der Waals surface area contributed by atoms with Crippen LogP contribution in [0.1, 0.15) is 11.6 Å². The molecule has 0 saturated carbocycles. The highest BCUT2D eigenvalue weighted by atomic mass is 35.5. The van der Waals surface area contributed by atoms with Gasteiger partial charge in [0.25, 0.3) is 5.91 Å². The summed E-state index contributed by atoms with van der Waals surface area (Å²) in [7, 11) is 0. The van der Waals surface area contributed by atoms with Crippen molar-refractivity contribution in [2.45, 2.75) is 12.1 Å². The molecule has 8 heteroatoms. The third kappa shape index (κ3) is 6.73. The molecule has 0 radical (unpaired) electrons. The van der Waals surface area contributed by atoms with E-state index < -0.39 is 6.10 Å². The highest BCUT2D eigenvalue weighted by Gasteiger charge is 2.26. The number of benzene rings is 1. The van der Waals surface area contributed by atoms with Crippen molar-refractivity contribution in [3.8, 4) is 0 Å². The fourth-order valence-corrected chi connectivity index (χ4v) is 2.96. The van der Waals surface area contributed by atoms with Crippen molar-refractivity contribution < 1.29 is 14.3 Å². The van der Waals surface area contributed by atoms with Crippen LogP contribution >= 0.6 is 24.8 Å². The van der Waals surface area contributed by atoms with Crippen LogP contribution in [0, 0.1) is 0 Å². The first-order chi connectivity index (χ1) is 11.3. The maximum atomic E-state index is 12.5. The average molecular weight is 392 g/mol. The first kappa shape index (κ1) is 22.2. The Morgan fingerprint density at radius 1 is 1.20 bits per heavy atom. The molecule has 3 rings (SSSR count). The van der Waals surface area contributed by atoms with E-state index in [0.29, 0.717) is 13.2 Å². The third-order valence-electron chi connectivity index (χ3n) is 4.28. The van der Waals surface area contributed by atoms with Gasteiger partial charge in [0, 0.05) is 32.7 Å². The van der Waals surface area contributed by atoms with Crippen LogP contribution in [0.15, 0.2) is 30.3 Å². The van der Waals surface area contributed by atoms with Crippen molar-refractivity contribution in [3.63, 3.8) is 0 Å². The van der Waals surface area contributed by atoms with E-state index in [1.165, 1.54) is 0 Å². The van der Waals surface area contributed by atoms with E-state index in [1.54, 1.807) is 0 Å². The topological polar surface area (TPSA) is 62.8 Å². The van der Waals surface area contributed by atoms with E-state index in [-0.39, 0.29) is 36.8 Å². The molecule has 0 spiro atoms. The zero-order valence-electron chi connectivity index (χ0n) is 14.2. The fraction of sp³-hybridized carbons (Fsp3) is 0.588. The highest BCUT2D eigenvalue weighted by molar-refractivity contribution is 5.85. The summed E-state index contributed by atoms with van der Waals surface area (Å²) in [4.78, 5) is 14.8. The van der Waals surface area contributed by atoms with Crippen LogP contribution in [-0.2, 0) is 14.3 Å². The lowest BCUT2D eigenvalue weighted by Gasteiger charge is -2.32. The zero-order chi connectivity index (χ0) is 15.9. The van der Waals surface area contributed by atoms with Gasteiger partial charge in [0.2, 0.25) is 0 Å². The molecule has 1 aromatic carbocycles. The summed E-state index contributed by atoms with van der Waals surface area (Å²) in [6, 6.07) is 10.1. The monoisotopic (exact) mass is 391 g/mol. The van der Waals surface area contributed by atoms with E-state index in [0.717, 1.165) is 45.0 Å². The molecule has 2 unspecified atom stereocenters. The molecule has 2 fully saturated rings. The molecule has 0 bridgehead atoms. The highest BCUT2D eigenvalue weighted by Crippen LogP contribution is 2.16. The molecule has 0 aliphatic carbocycles. The third-order valence-corrected chi connectivity index (χ3v) is 4.28. The summed E-state index contributed by atoms with van der Waals surface area (Å²) in [5, 5.41) is 6.36. The van der Waals surface area contributed by atoms with E-state index >= 15 is 0 Å². The maximum Gasteiger partial charge on any atom is 0.250 e. The second-order valence-electron chi connectivity index (χ2n) is 5.95. The second-order valence-corrected chi connectivity index (χ2v) is 5.95. The minimum Gasteiger partial charge on any atom is -0.379 e. The van der Waals surface area contributed by atoms with Gasteiger partial charge in [-0.3, -0.25) is 9.69 Å². The summed E-state index contributed by atoms with van der Waals surface area (Å²) in [5.41, 5.74) is 1.12. The molecular formula is C17H27Cl2N3O3. The Morgan fingerprint density at radius 2 is 1.92 bits per heavy atom. The van der Waals surface area contributed by atoms with Gasteiger partial charge in [0.15, 0.2) is 0 Å². The van der Waals surface area contributed by atoms with Crippen LogP contribution in [0.5, 0.6) is 0 Å². The number of halogens is 2. The van der Waals surface area contributed by atoms with Crippen LogP contribution in [0.2, 0.25) is 0 Å². The molecule has 25 heavy (non-hydrogen) atoms. The van der Waals surface area contributed by atoms with Gasteiger partial charge in [-0.1, -0.05) is 30.3 Å². The number of carbonyl (C=O) groups excluding carboxylic acids is 1. The lowest BCUT2D eigenvalue weighted by molar-refractivity contribution is -0.135. The molecule has 6 nitrogen and oxygen atoms in total. The second kappa shape index (κ2) is 11.7. The fourth-order valence-electron chi connectivity index (χ4n) is 2.96. The molecule has 142 valence electrons. The number of hydrogen-bond donors (Lipinski definition) is 2. The summed E-state index contributed by atoms with van der Waals surface area (Å²) in [6.07, 6.45) is -0.403.